The Morgan fingerprint density at radius 1 is 1.36 bits per heavy atom. The normalized spacial score (nSPS) is 17.2. The molecule has 128 valence electrons. The van der Waals surface area contributed by atoms with Crippen LogP contribution in [-0.4, -0.2) is 43.6 Å². The first-order valence-corrected chi connectivity index (χ1v) is 8.28. The van der Waals surface area contributed by atoms with Gasteiger partial charge in [-0.05, 0) is 37.1 Å². The largest absolute Gasteiger partial charge is 0.348 e. The van der Waals surface area contributed by atoms with Gasteiger partial charge in [-0.1, -0.05) is 5.16 Å². The Morgan fingerprint density at radius 3 is 3.00 bits per heavy atom. The van der Waals surface area contributed by atoms with E-state index in [4.69, 9.17) is 4.52 Å². The summed E-state index contributed by atoms with van der Waals surface area (Å²) in [6.07, 6.45) is 6.09. The van der Waals surface area contributed by atoms with E-state index in [1.54, 1.807) is 12.4 Å². The van der Waals surface area contributed by atoms with Gasteiger partial charge in [0, 0.05) is 38.7 Å². The number of carbonyl (C=O) groups excluding carboxylic acids is 1. The van der Waals surface area contributed by atoms with Gasteiger partial charge in [-0.15, -0.1) is 0 Å². The summed E-state index contributed by atoms with van der Waals surface area (Å²) in [5, 5.41) is 4.09. The number of pyridine rings is 1. The van der Waals surface area contributed by atoms with Gasteiger partial charge < -0.3 is 14.0 Å². The lowest BCUT2D eigenvalue weighted by Crippen LogP contribution is -2.29. The number of amides is 1. The number of rotatable bonds is 3. The van der Waals surface area contributed by atoms with Gasteiger partial charge in [0.15, 0.2) is 0 Å². The van der Waals surface area contributed by atoms with Crippen LogP contribution in [0.15, 0.2) is 41.3 Å². The third-order valence-electron chi connectivity index (χ3n) is 4.71. The zero-order valence-corrected chi connectivity index (χ0v) is 14.2. The standard InChI is InChI=1S/C18H19N5O2/c1-12-5-7-19-10-14(12)18(24)23-9-6-13(11-23)17-20-16(21-25-17)15-4-3-8-22(15)2/h3-5,7-8,10,13H,6,9,11H2,1-2H3. The smallest absolute Gasteiger partial charge is 0.255 e. The summed E-state index contributed by atoms with van der Waals surface area (Å²) >= 11 is 0. The third kappa shape index (κ3) is 2.82. The van der Waals surface area contributed by atoms with Crippen molar-refractivity contribution in [3.63, 3.8) is 0 Å². The molecule has 4 heterocycles. The molecule has 25 heavy (non-hydrogen) atoms. The van der Waals surface area contributed by atoms with Crippen molar-refractivity contribution in [1.29, 1.82) is 0 Å². The first-order valence-electron chi connectivity index (χ1n) is 8.28. The predicted octanol–water partition coefficient (Wildman–Crippen LogP) is 2.41. The average Bonchev–Trinajstić information content (AvgIpc) is 3.34. The van der Waals surface area contributed by atoms with Crippen molar-refractivity contribution in [1.82, 2.24) is 24.6 Å². The van der Waals surface area contributed by atoms with Crippen molar-refractivity contribution in [3.05, 3.63) is 53.8 Å². The maximum absolute atomic E-state index is 12.7. The van der Waals surface area contributed by atoms with E-state index in [1.807, 2.05) is 47.8 Å². The summed E-state index contributed by atoms with van der Waals surface area (Å²) in [5.74, 6) is 1.25. The molecule has 1 fully saturated rings. The third-order valence-corrected chi connectivity index (χ3v) is 4.71. The van der Waals surface area contributed by atoms with Crippen LogP contribution in [-0.2, 0) is 7.05 Å². The van der Waals surface area contributed by atoms with Gasteiger partial charge in [0.2, 0.25) is 11.7 Å². The summed E-state index contributed by atoms with van der Waals surface area (Å²) in [6, 6.07) is 5.74. The Morgan fingerprint density at radius 2 is 2.24 bits per heavy atom. The van der Waals surface area contributed by atoms with Gasteiger partial charge in [-0.3, -0.25) is 9.78 Å². The highest BCUT2D eigenvalue weighted by atomic mass is 16.5. The molecule has 1 amide bonds. The number of hydrogen-bond acceptors (Lipinski definition) is 5. The zero-order chi connectivity index (χ0) is 17.4. The van der Waals surface area contributed by atoms with Crippen LogP contribution in [0.2, 0.25) is 0 Å². The van der Waals surface area contributed by atoms with E-state index in [9.17, 15) is 4.79 Å². The van der Waals surface area contributed by atoms with Crippen LogP contribution in [0.5, 0.6) is 0 Å². The van der Waals surface area contributed by atoms with E-state index in [-0.39, 0.29) is 11.8 Å². The van der Waals surface area contributed by atoms with E-state index in [0.29, 0.717) is 30.4 Å². The molecule has 0 bridgehead atoms. The first-order chi connectivity index (χ1) is 12.1. The second-order valence-corrected chi connectivity index (χ2v) is 6.39. The predicted molar refractivity (Wildman–Crippen MR) is 90.9 cm³/mol. The van der Waals surface area contributed by atoms with Gasteiger partial charge >= 0.3 is 0 Å². The Bertz CT molecular complexity index is 914. The number of nitrogens with zero attached hydrogens (tertiary/aromatic N) is 5. The minimum atomic E-state index is 0.00951. The van der Waals surface area contributed by atoms with Crippen LogP contribution in [0.25, 0.3) is 11.5 Å². The summed E-state index contributed by atoms with van der Waals surface area (Å²) < 4.78 is 7.41. The van der Waals surface area contributed by atoms with E-state index in [2.05, 4.69) is 15.1 Å². The molecule has 4 rings (SSSR count). The molecule has 7 heteroatoms. The molecule has 1 aliphatic rings. The molecule has 0 spiro atoms. The number of carbonyl (C=O) groups is 1. The maximum atomic E-state index is 12.7. The zero-order valence-electron chi connectivity index (χ0n) is 14.2. The van der Waals surface area contributed by atoms with Crippen molar-refractivity contribution in [2.45, 2.75) is 19.3 Å². The summed E-state index contributed by atoms with van der Waals surface area (Å²) in [7, 11) is 1.94. The number of hydrogen-bond donors (Lipinski definition) is 0. The van der Waals surface area contributed by atoms with Crippen molar-refractivity contribution in [3.8, 4) is 11.5 Å². The Kier molecular flexibility index (Phi) is 3.83. The lowest BCUT2D eigenvalue weighted by Gasteiger charge is -2.16. The summed E-state index contributed by atoms with van der Waals surface area (Å²) in [4.78, 5) is 23.1. The summed E-state index contributed by atoms with van der Waals surface area (Å²) in [5.41, 5.74) is 2.50. The molecular weight excluding hydrogens is 318 g/mol. The average molecular weight is 337 g/mol. The van der Waals surface area contributed by atoms with Crippen LogP contribution in [0, 0.1) is 6.92 Å². The van der Waals surface area contributed by atoms with E-state index in [1.165, 1.54) is 0 Å². The molecule has 7 nitrogen and oxygen atoms in total. The highest BCUT2D eigenvalue weighted by Gasteiger charge is 2.32. The highest BCUT2D eigenvalue weighted by Crippen LogP contribution is 2.29. The molecule has 3 aromatic heterocycles. The highest BCUT2D eigenvalue weighted by molar-refractivity contribution is 5.95. The Balaban J connectivity index is 1.50. The second kappa shape index (κ2) is 6.16. The lowest BCUT2D eigenvalue weighted by molar-refractivity contribution is 0.0788. The molecular formula is C18H19N5O2. The van der Waals surface area contributed by atoms with Gasteiger partial charge in [-0.25, -0.2) is 0 Å². The molecule has 0 aromatic carbocycles. The quantitative estimate of drug-likeness (QED) is 0.733. The minimum absolute atomic E-state index is 0.00951. The minimum Gasteiger partial charge on any atom is -0.348 e. The van der Waals surface area contributed by atoms with Crippen molar-refractivity contribution in [2.24, 2.45) is 7.05 Å². The molecule has 0 saturated carbocycles. The lowest BCUT2D eigenvalue weighted by atomic mass is 10.1. The molecule has 1 aliphatic heterocycles. The first kappa shape index (κ1) is 15.6. The molecule has 0 N–H and O–H groups in total. The van der Waals surface area contributed by atoms with Crippen molar-refractivity contribution < 1.29 is 9.32 Å². The number of likely N-dealkylation sites (tertiary alicyclic amines) is 1. The van der Waals surface area contributed by atoms with Crippen molar-refractivity contribution in [2.75, 3.05) is 13.1 Å². The fourth-order valence-electron chi connectivity index (χ4n) is 3.20. The number of aromatic nitrogens is 4. The molecule has 1 saturated heterocycles. The van der Waals surface area contributed by atoms with Gasteiger partial charge in [0.05, 0.1) is 17.2 Å². The molecule has 3 aromatic rings. The Labute approximate surface area is 145 Å². The fourth-order valence-corrected chi connectivity index (χ4v) is 3.20. The van der Waals surface area contributed by atoms with Crippen LogP contribution >= 0.6 is 0 Å². The monoisotopic (exact) mass is 337 g/mol. The topological polar surface area (TPSA) is 77.1 Å². The van der Waals surface area contributed by atoms with Crippen LogP contribution in [0.1, 0.15) is 34.2 Å². The van der Waals surface area contributed by atoms with Crippen LogP contribution < -0.4 is 0 Å². The van der Waals surface area contributed by atoms with Crippen molar-refractivity contribution >= 4 is 5.91 Å². The van der Waals surface area contributed by atoms with Gasteiger partial charge in [0.1, 0.15) is 0 Å². The Hall–Kier alpha value is -2.96. The van der Waals surface area contributed by atoms with Crippen LogP contribution in [0.4, 0.5) is 0 Å². The molecule has 0 aliphatic carbocycles. The number of aryl methyl sites for hydroxylation is 2. The SMILES string of the molecule is Cc1ccncc1C(=O)N1CCC(c2nc(-c3cccn3C)no2)C1. The summed E-state index contributed by atoms with van der Waals surface area (Å²) in [6.45, 7) is 3.19. The molecule has 0 radical (unpaired) electrons. The molecule has 1 atom stereocenters. The van der Waals surface area contributed by atoms with E-state index >= 15 is 0 Å². The van der Waals surface area contributed by atoms with E-state index in [0.717, 1.165) is 17.7 Å². The second-order valence-electron chi connectivity index (χ2n) is 6.39. The van der Waals surface area contributed by atoms with Gasteiger partial charge in [-0.2, -0.15) is 4.98 Å². The molecule has 1 unspecified atom stereocenters. The van der Waals surface area contributed by atoms with Gasteiger partial charge in [0.25, 0.3) is 5.91 Å². The van der Waals surface area contributed by atoms with Crippen LogP contribution in [0.3, 0.4) is 0 Å². The van der Waals surface area contributed by atoms with E-state index < -0.39 is 0 Å². The fraction of sp³-hybridized carbons (Fsp3) is 0.333. The maximum Gasteiger partial charge on any atom is 0.255 e.